The molecule has 0 saturated carbocycles. The number of halogens is 1. The normalized spacial score (nSPS) is 10.6. The van der Waals surface area contributed by atoms with Crippen LogP contribution in [-0.4, -0.2) is 34.8 Å². The molecule has 25 heavy (non-hydrogen) atoms. The molecule has 0 bridgehead atoms. The lowest BCUT2D eigenvalue weighted by Gasteiger charge is -2.21. The zero-order valence-corrected chi connectivity index (χ0v) is 14.7. The zero-order chi connectivity index (χ0) is 18.1. The van der Waals surface area contributed by atoms with Crippen molar-refractivity contribution < 1.29 is 9.59 Å². The number of rotatable bonds is 7. The Bertz CT molecular complexity index is 747. The number of aromatic nitrogens is 1. The predicted molar refractivity (Wildman–Crippen MR) is 98.8 cm³/mol. The van der Waals surface area contributed by atoms with Crippen LogP contribution in [0.1, 0.15) is 18.1 Å². The lowest BCUT2D eigenvalue weighted by Crippen LogP contribution is -2.39. The summed E-state index contributed by atoms with van der Waals surface area (Å²) in [7, 11) is 0. The molecule has 0 aliphatic carbocycles. The number of hydrogen-bond donors (Lipinski definition) is 1. The Hall–Kier alpha value is -2.66. The number of hydrogen-bond acceptors (Lipinski definition) is 3. The van der Waals surface area contributed by atoms with Gasteiger partial charge in [-0.05, 0) is 36.3 Å². The monoisotopic (exact) mass is 357 g/mol. The van der Waals surface area contributed by atoms with Crippen LogP contribution in [-0.2, 0) is 16.1 Å². The second kappa shape index (κ2) is 9.59. The van der Waals surface area contributed by atoms with E-state index in [0.29, 0.717) is 18.2 Å². The molecule has 2 rings (SSSR count). The first-order valence-corrected chi connectivity index (χ1v) is 8.35. The van der Waals surface area contributed by atoms with Gasteiger partial charge in [0.15, 0.2) is 0 Å². The van der Waals surface area contributed by atoms with E-state index in [0.717, 1.165) is 11.1 Å². The van der Waals surface area contributed by atoms with Crippen molar-refractivity contribution in [2.45, 2.75) is 13.5 Å². The van der Waals surface area contributed by atoms with E-state index in [-0.39, 0.29) is 18.4 Å². The van der Waals surface area contributed by atoms with E-state index < -0.39 is 0 Å². The molecule has 0 saturated heterocycles. The van der Waals surface area contributed by atoms with Crippen LogP contribution in [0.2, 0.25) is 5.15 Å². The Labute approximate surface area is 152 Å². The van der Waals surface area contributed by atoms with Gasteiger partial charge in [-0.25, -0.2) is 4.98 Å². The van der Waals surface area contributed by atoms with Crippen molar-refractivity contribution in [2.75, 3.05) is 13.1 Å². The molecule has 1 N–H and O–H groups in total. The third-order valence-electron chi connectivity index (χ3n) is 3.54. The molecule has 5 nitrogen and oxygen atoms in total. The lowest BCUT2D eigenvalue weighted by atomic mass is 10.2. The highest BCUT2D eigenvalue weighted by Crippen LogP contribution is 2.08. The molecule has 0 aliphatic rings. The standard InChI is InChI=1S/C19H20ClN3O2/c1-2-23(14-16-6-4-3-5-7-16)19(25)13-22-18(24)9-8-15-10-11-21-17(20)12-15/h3-12H,2,13-14H2,1H3,(H,22,24)/b9-8+. The first-order chi connectivity index (χ1) is 12.1. The number of likely N-dealkylation sites (N-methyl/N-ethyl adjacent to an activating group) is 1. The van der Waals surface area contributed by atoms with Crippen LogP contribution in [0.15, 0.2) is 54.7 Å². The molecule has 6 heteroatoms. The minimum absolute atomic E-state index is 0.0407. The van der Waals surface area contributed by atoms with Crippen LogP contribution >= 0.6 is 11.6 Å². The number of pyridine rings is 1. The summed E-state index contributed by atoms with van der Waals surface area (Å²) < 4.78 is 0. The second-order valence-corrected chi connectivity index (χ2v) is 5.74. The number of carbonyl (C=O) groups excluding carboxylic acids is 2. The maximum atomic E-state index is 12.3. The number of nitrogens with one attached hydrogen (secondary N) is 1. The summed E-state index contributed by atoms with van der Waals surface area (Å²) in [5.41, 5.74) is 1.82. The van der Waals surface area contributed by atoms with Crippen molar-refractivity contribution in [2.24, 2.45) is 0 Å². The van der Waals surface area contributed by atoms with E-state index in [9.17, 15) is 9.59 Å². The van der Waals surface area contributed by atoms with E-state index in [1.54, 1.807) is 29.3 Å². The smallest absolute Gasteiger partial charge is 0.244 e. The summed E-state index contributed by atoms with van der Waals surface area (Å²) >= 11 is 5.78. The van der Waals surface area contributed by atoms with Crippen molar-refractivity contribution in [3.63, 3.8) is 0 Å². The maximum Gasteiger partial charge on any atom is 0.244 e. The largest absolute Gasteiger partial charge is 0.343 e. The Morgan fingerprint density at radius 2 is 2.00 bits per heavy atom. The van der Waals surface area contributed by atoms with E-state index in [1.165, 1.54) is 6.08 Å². The van der Waals surface area contributed by atoms with Crippen molar-refractivity contribution >= 4 is 29.5 Å². The first kappa shape index (κ1) is 18.7. The van der Waals surface area contributed by atoms with Gasteiger partial charge in [0.1, 0.15) is 5.15 Å². The number of carbonyl (C=O) groups is 2. The molecular formula is C19H20ClN3O2. The summed E-state index contributed by atoms with van der Waals surface area (Å²) in [6.45, 7) is 2.98. The highest BCUT2D eigenvalue weighted by molar-refractivity contribution is 6.29. The van der Waals surface area contributed by atoms with Crippen molar-refractivity contribution in [3.8, 4) is 0 Å². The molecule has 2 amide bonds. The molecule has 0 aliphatic heterocycles. The SMILES string of the molecule is CCN(Cc1ccccc1)C(=O)CNC(=O)/C=C/c1ccnc(Cl)c1. The van der Waals surface area contributed by atoms with Gasteiger partial charge >= 0.3 is 0 Å². The fourth-order valence-corrected chi connectivity index (χ4v) is 2.39. The minimum atomic E-state index is -0.336. The summed E-state index contributed by atoms with van der Waals surface area (Å²) in [6, 6.07) is 13.1. The molecule has 0 radical (unpaired) electrons. The second-order valence-electron chi connectivity index (χ2n) is 5.36. The van der Waals surface area contributed by atoms with Crippen LogP contribution in [0.5, 0.6) is 0 Å². The molecule has 1 aromatic carbocycles. The van der Waals surface area contributed by atoms with Crippen LogP contribution < -0.4 is 5.32 Å². The van der Waals surface area contributed by atoms with Gasteiger partial charge in [-0.1, -0.05) is 41.9 Å². The first-order valence-electron chi connectivity index (χ1n) is 7.97. The number of nitrogens with zero attached hydrogens (tertiary/aromatic N) is 2. The molecule has 1 heterocycles. The number of amides is 2. The van der Waals surface area contributed by atoms with Crippen molar-refractivity contribution in [3.05, 3.63) is 71.0 Å². The quantitative estimate of drug-likeness (QED) is 0.612. The van der Waals surface area contributed by atoms with Crippen LogP contribution in [0.25, 0.3) is 6.08 Å². The van der Waals surface area contributed by atoms with Gasteiger partial charge in [0.05, 0.1) is 6.54 Å². The average molecular weight is 358 g/mol. The predicted octanol–water partition coefficient (Wildman–Crippen LogP) is 2.91. The topological polar surface area (TPSA) is 62.3 Å². The van der Waals surface area contributed by atoms with Gasteiger partial charge in [-0.2, -0.15) is 0 Å². The molecule has 0 atom stereocenters. The summed E-state index contributed by atoms with van der Waals surface area (Å²) in [4.78, 5) is 29.7. The molecular weight excluding hydrogens is 338 g/mol. The van der Waals surface area contributed by atoms with Gasteiger partial charge in [0, 0.05) is 25.4 Å². The highest BCUT2D eigenvalue weighted by atomic mass is 35.5. The van der Waals surface area contributed by atoms with Gasteiger partial charge in [-0.15, -0.1) is 0 Å². The summed E-state index contributed by atoms with van der Waals surface area (Å²) in [5, 5.41) is 2.96. The van der Waals surface area contributed by atoms with E-state index >= 15 is 0 Å². The van der Waals surface area contributed by atoms with Gasteiger partial charge in [-0.3, -0.25) is 9.59 Å². The summed E-state index contributed by atoms with van der Waals surface area (Å²) in [5.74, 6) is -0.461. The average Bonchev–Trinajstić information content (AvgIpc) is 2.63. The fourth-order valence-electron chi connectivity index (χ4n) is 2.21. The van der Waals surface area contributed by atoms with E-state index in [4.69, 9.17) is 11.6 Å². The number of benzene rings is 1. The van der Waals surface area contributed by atoms with E-state index in [2.05, 4.69) is 10.3 Å². The third-order valence-corrected chi connectivity index (χ3v) is 3.75. The molecule has 0 unspecified atom stereocenters. The minimum Gasteiger partial charge on any atom is -0.343 e. The van der Waals surface area contributed by atoms with E-state index in [1.807, 2.05) is 37.3 Å². The molecule has 0 spiro atoms. The van der Waals surface area contributed by atoms with Crippen LogP contribution in [0.3, 0.4) is 0 Å². The molecule has 2 aromatic rings. The van der Waals surface area contributed by atoms with Crippen LogP contribution in [0, 0.1) is 0 Å². The Morgan fingerprint density at radius 1 is 1.24 bits per heavy atom. The van der Waals surface area contributed by atoms with Crippen molar-refractivity contribution in [1.82, 2.24) is 15.2 Å². The third kappa shape index (κ3) is 6.39. The van der Waals surface area contributed by atoms with Gasteiger partial charge in [0.25, 0.3) is 0 Å². The zero-order valence-electron chi connectivity index (χ0n) is 14.0. The maximum absolute atomic E-state index is 12.3. The summed E-state index contributed by atoms with van der Waals surface area (Å²) in [6.07, 6.45) is 4.55. The van der Waals surface area contributed by atoms with Crippen molar-refractivity contribution in [1.29, 1.82) is 0 Å². The highest BCUT2D eigenvalue weighted by Gasteiger charge is 2.12. The van der Waals surface area contributed by atoms with Gasteiger partial charge < -0.3 is 10.2 Å². The Kier molecular flexibility index (Phi) is 7.16. The fraction of sp³-hybridized carbons (Fsp3) is 0.211. The Morgan fingerprint density at radius 3 is 2.68 bits per heavy atom. The van der Waals surface area contributed by atoms with Crippen LogP contribution in [0.4, 0.5) is 0 Å². The molecule has 130 valence electrons. The lowest BCUT2D eigenvalue weighted by molar-refractivity contribution is -0.132. The van der Waals surface area contributed by atoms with Gasteiger partial charge in [0.2, 0.25) is 11.8 Å². The molecule has 1 aromatic heterocycles. The Balaban J connectivity index is 1.84. The molecule has 0 fully saturated rings.